The Kier molecular flexibility index (Phi) is 3.67. The van der Waals surface area contributed by atoms with Gasteiger partial charge >= 0.3 is 0 Å². The third-order valence-corrected chi connectivity index (χ3v) is 1.55. The van der Waals surface area contributed by atoms with E-state index in [2.05, 4.69) is 12.0 Å². The summed E-state index contributed by atoms with van der Waals surface area (Å²) in [7, 11) is 0. The molecule has 0 atom stereocenters. The van der Waals surface area contributed by atoms with Crippen LogP contribution in [0.4, 0.5) is 0 Å². The summed E-state index contributed by atoms with van der Waals surface area (Å²) in [4.78, 5) is 0. The zero-order chi connectivity index (χ0) is 9.68. The molecule has 0 spiro atoms. The van der Waals surface area contributed by atoms with Gasteiger partial charge in [-0.15, -0.1) is 0 Å². The van der Waals surface area contributed by atoms with Crippen molar-refractivity contribution in [2.24, 2.45) is 0 Å². The third-order valence-electron chi connectivity index (χ3n) is 1.31. The fourth-order valence-corrected chi connectivity index (χ4v) is 0.963. The van der Waals surface area contributed by atoms with Crippen LogP contribution >= 0.6 is 11.6 Å². The van der Waals surface area contributed by atoms with Crippen LogP contribution in [0.25, 0.3) is 0 Å². The van der Waals surface area contributed by atoms with Gasteiger partial charge in [-0.2, -0.15) is 0 Å². The van der Waals surface area contributed by atoms with Crippen LogP contribution in [-0.4, -0.2) is 6.10 Å². The number of benzene rings is 1. The van der Waals surface area contributed by atoms with E-state index in [1.807, 2.05) is 32.0 Å². The number of hydrogen-bond acceptors (Lipinski definition) is 1. The second kappa shape index (κ2) is 4.79. The van der Waals surface area contributed by atoms with Crippen molar-refractivity contribution in [2.45, 2.75) is 20.0 Å². The quantitative estimate of drug-likeness (QED) is 0.625. The van der Waals surface area contributed by atoms with Gasteiger partial charge in [-0.05, 0) is 38.0 Å². The first-order valence-corrected chi connectivity index (χ1v) is 4.48. The minimum atomic E-state index is 0.131. The molecular weight excluding hydrogens is 184 g/mol. The average molecular weight is 195 g/mol. The first-order chi connectivity index (χ1) is 6.18. The lowest BCUT2D eigenvalue weighted by Gasteiger charge is -1.97. The first kappa shape index (κ1) is 9.95. The standard InChI is InChI=1S/C11H11ClO/c1-9(2)13-7-6-10-4-3-5-11(12)8-10/h3-5,8-9H,1-2H3. The topological polar surface area (TPSA) is 9.23 Å². The lowest BCUT2D eigenvalue weighted by atomic mass is 10.2. The molecule has 0 unspecified atom stereocenters. The Morgan fingerprint density at radius 2 is 2.15 bits per heavy atom. The van der Waals surface area contributed by atoms with E-state index >= 15 is 0 Å². The molecule has 0 aliphatic carbocycles. The normalized spacial score (nSPS) is 9.23. The van der Waals surface area contributed by atoms with Crippen molar-refractivity contribution in [1.29, 1.82) is 0 Å². The lowest BCUT2D eigenvalue weighted by Crippen LogP contribution is -1.95. The van der Waals surface area contributed by atoms with Crippen molar-refractivity contribution in [3.05, 3.63) is 34.9 Å². The molecule has 0 fully saturated rings. The molecule has 0 aliphatic rings. The minimum absolute atomic E-state index is 0.131. The van der Waals surface area contributed by atoms with E-state index in [0.29, 0.717) is 5.02 Å². The van der Waals surface area contributed by atoms with Crippen LogP contribution in [0.1, 0.15) is 19.4 Å². The highest BCUT2D eigenvalue weighted by Crippen LogP contribution is 2.09. The van der Waals surface area contributed by atoms with Crippen molar-refractivity contribution >= 4 is 11.6 Å². The van der Waals surface area contributed by atoms with Gasteiger partial charge in [0.1, 0.15) is 12.2 Å². The summed E-state index contributed by atoms with van der Waals surface area (Å²) in [5.41, 5.74) is 0.869. The molecule has 1 nitrogen and oxygen atoms in total. The molecular formula is C11H11ClO. The van der Waals surface area contributed by atoms with Gasteiger partial charge in [-0.25, -0.2) is 0 Å². The molecule has 0 aliphatic heterocycles. The van der Waals surface area contributed by atoms with Crippen molar-refractivity contribution in [2.75, 3.05) is 0 Å². The Hall–Kier alpha value is -1.13. The van der Waals surface area contributed by atoms with Crippen LogP contribution in [0.15, 0.2) is 24.3 Å². The Morgan fingerprint density at radius 1 is 1.38 bits per heavy atom. The van der Waals surface area contributed by atoms with Crippen molar-refractivity contribution in [3.63, 3.8) is 0 Å². The molecule has 1 aromatic rings. The van der Waals surface area contributed by atoms with E-state index in [9.17, 15) is 0 Å². The largest absolute Gasteiger partial charge is 0.444 e. The molecule has 0 radical (unpaired) electrons. The maximum Gasteiger partial charge on any atom is 0.115 e. The molecule has 13 heavy (non-hydrogen) atoms. The summed E-state index contributed by atoms with van der Waals surface area (Å²) in [6.45, 7) is 3.87. The molecule has 1 rings (SSSR count). The van der Waals surface area contributed by atoms with Gasteiger partial charge in [0.15, 0.2) is 0 Å². The molecule has 68 valence electrons. The fourth-order valence-electron chi connectivity index (χ4n) is 0.772. The molecule has 0 saturated heterocycles. The first-order valence-electron chi connectivity index (χ1n) is 4.10. The van der Waals surface area contributed by atoms with Gasteiger partial charge in [-0.3, -0.25) is 0 Å². The molecule has 0 amide bonds. The van der Waals surface area contributed by atoms with Crippen molar-refractivity contribution in [3.8, 4) is 12.0 Å². The number of hydrogen-bond donors (Lipinski definition) is 0. The van der Waals surface area contributed by atoms with Crippen LogP contribution < -0.4 is 0 Å². The Morgan fingerprint density at radius 3 is 2.77 bits per heavy atom. The molecule has 2 heteroatoms. The number of rotatable bonds is 1. The van der Waals surface area contributed by atoms with Crippen LogP contribution in [0.2, 0.25) is 5.02 Å². The summed E-state index contributed by atoms with van der Waals surface area (Å²) in [6, 6.07) is 7.37. The second-order valence-corrected chi connectivity index (χ2v) is 3.34. The van der Waals surface area contributed by atoms with Gasteiger partial charge in [0.2, 0.25) is 0 Å². The van der Waals surface area contributed by atoms with E-state index < -0.39 is 0 Å². The second-order valence-electron chi connectivity index (χ2n) is 2.90. The third kappa shape index (κ3) is 3.87. The highest BCUT2D eigenvalue weighted by molar-refractivity contribution is 6.30. The smallest absolute Gasteiger partial charge is 0.115 e. The summed E-state index contributed by atoms with van der Waals surface area (Å²) in [5.74, 6) is 2.86. The summed E-state index contributed by atoms with van der Waals surface area (Å²) in [6.07, 6.45) is 2.75. The van der Waals surface area contributed by atoms with Crippen LogP contribution in [-0.2, 0) is 4.74 Å². The van der Waals surface area contributed by atoms with Gasteiger partial charge in [0.05, 0.1) is 0 Å². The van der Waals surface area contributed by atoms with E-state index in [1.54, 1.807) is 6.07 Å². The predicted octanol–water partition coefficient (Wildman–Crippen LogP) is 3.07. The maximum atomic E-state index is 5.78. The summed E-state index contributed by atoms with van der Waals surface area (Å²) >= 11 is 5.78. The van der Waals surface area contributed by atoms with Crippen molar-refractivity contribution in [1.82, 2.24) is 0 Å². The number of halogens is 1. The molecule has 0 saturated carbocycles. The molecule has 1 aromatic carbocycles. The predicted molar refractivity (Wildman–Crippen MR) is 54.6 cm³/mol. The SMILES string of the molecule is CC(C)OC#Cc1cccc(Cl)c1. The van der Waals surface area contributed by atoms with Gasteiger partial charge in [0.25, 0.3) is 0 Å². The zero-order valence-electron chi connectivity index (χ0n) is 7.67. The highest BCUT2D eigenvalue weighted by Gasteiger charge is 1.89. The van der Waals surface area contributed by atoms with Crippen LogP contribution in [0, 0.1) is 12.0 Å². The van der Waals surface area contributed by atoms with E-state index in [1.165, 1.54) is 0 Å². The summed E-state index contributed by atoms with van der Waals surface area (Å²) < 4.78 is 5.08. The highest BCUT2D eigenvalue weighted by atomic mass is 35.5. The van der Waals surface area contributed by atoms with Gasteiger partial charge in [-0.1, -0.05) is 17.7 Å². The van der Waals surface area contributed by atoms with Gasteiger partial charge < -0.3 is 4.74 Å². The number of ether oxygens (including phenoxy) is 1. The van der Waals surface area contributed by atoms with Crippen LogP contribution in [0.3, 0.4) is 0 Å². The Balaban J connectivity index is 2.66. The fraction of sp³-hybridized carbons (Fsp3) is 0.273. The van der Waals surface area contributed by atoms with Crippen LogP contribution in [0.5, 0.6) is 0 Å². The Labute approximate surface area is 83.7 Å². The lowest BCUT2D eigenvalue weighted by molar-refractivity contribution is 0.204. The monoisotopic (exact) mass is 194 g/mol. The molecule has 0 heterocycles. The van der Waals surface area contributed by atoms with Gasteiger partial charge in [0, 0.05) is 10.6 Å². The molecule has 0 bridgehead atoms. The maximum absolute atomic E-state index is 5.78. The summed E-state index contributed by atoms with van der Waals surface area (Å²) in [5, 5.41) is 0.691. The van der Waals surface area contributed by atoms with E-state index in [0.717, 1.165) is 5.56 Å². The van der Waals surface area contributed by atoms with E-state index in [-0.39, 0.29) is 6.10 Å². The minimum Gasteiger partial charge on any atom is -0.444 e. The average Bonchev–Trinajstić information content (AvgIpc) is 2.03. The molecule has 0 aromatic heterocycles. The van der Waals surface area contributed by atoms with E-state index in [4.69, 9.17) is 16.3 Å². The Bertz CT molecular complexity index is 333. The van der Waals surface area contributed by atoms with Crippen molar-refractivity contribution < 1.29 is 4.74 Å². The molecule has 0 N–H and O–H groups in total. The zero-order valence-corrected chi connectivity index (χ0v) is 8.43.